The zero-order valence-corrected chi connectivity index (χ0v) is 12.9. The Morgan fingerprint density at radius 1 is 1.33 bits per heavy atom. The first-order chi connectivity index (χ1) is 10.2. The second kappa shape index (κ2) is 5.74. The van der Waals surface area contributed by atoms with Gasteiger partial charge in [-0.05, 0) is 24.6 Å². The van der Waals surface area contributed by atoms with Crippen LogP contribution in [-0.4, -0.2) is 14.8 Å². The number of halogens is 1. The molecule has 3 aromatic rings. The third kappa shape index (κ3) is 2.85. The lowest BCUT2D eigenvalue weighted by atomic mass is 10.1. The van der Waals surface area contributed by atoms with E-state index < -0.39 is 0 Å². The van der Waals surface area contributed by atoms with Crippen molar-refractivity contribution in [3.05, 3.63) is 52.9 Å². The van der Waals surface area contributed by atoms with Crippen LogP contribution >= 0.6 is 11.6 Å². The Balaban J connectivity index is 1.91. The number of hydrogen-bond donors (Lipinski definition) is 1. The molecule has 21 heavy (non-hydrogen) atoms. The summed E-state index contributed by atoms with van der Waals surface area (Å²) in [5.41, 5.74) is 4.20. The van der Waals surface area contributed by atoms with Crippen LogP contribution in [0.25, 0.3) is 10.9 Å². The van der Waals surface area contributed by atoms with Crippen LogP contribution in [0.15, 0.2) is 36.7 Å². The number of aromatic nitrogens is 3. The van der Waals surface area contributed by atoms with E-state index in [4.69, 9.17) is 11.6 Å². The Labute approximate surface area is 128 Å². The van der Waals surface area contributed by atoms with Gasteiger partial charge in [0, 0.05) is 42.0 Å². The molecule has 5 heteroatoms. The summed E-state index contributed by atoms with van der Waals surface area (Å²) in [7, 11) is 1.94. The average Bonchev–Trinajstić information content (AvgIpc) is 2.84. The molecule has 0 fully saturated rings. The van der Waals surface area contributed by atoms with Crippen molar-refractivity contribution in [1.29, 1.82) is 0 Å². The van der Waals surface area contributed by atoms with Gasteiger partial charge in [0.25, 0.3) is 0 Å². The third-order valence-electron chi connectivity index (χ3n) is 3.47. The Morgan fingerprint density at radius 3 is 3.00 bits per heavy atom. The monoisotopic (exact) mass is 300 g/mol. The van der Waals surface area contributed by atoms with Gasteiger partial charge in [-0.2, -0.15) is 5.10 Å². The molecule has 1 aromatic carbocycles. The highest BCUT2D eigenvalue weighted by Crippen LogP contribution is 2.26. The van der Waals surface area contributed by atoms with Crippen LogP contribution < -0.4 is 5.32 Å². The summed E-state index contributed by atoms with van der Waals surface area (Å²) in [6, 6.07) is 7.77. The number of benzene rings is 1. The number of aryl methyl sites for hydroxylation is 2. The number of nitrogens with zero attached hydrogens (tertiary/aromatic N) is 3. The lowest BCUT2D eigenvalue weighted by Gasteiger charge is -2.09. The van der Waals surface area contributed by atoms with Crippen LogP contribution in [0.5, 0.6) is 0 Å². The number of nitrogens with one attached hydrogen (secondary N) is 1. The maximum atomic E-state index is 6.18. The summed E-state index contributed by atoms with van der Waals surface area (Å²) in [4.78, 5) is 4.44. The van der Waals surface area contributed by atoms with Crippen molar-refractivity contribution >= 4 is 28.2 Å². The first-order valence-corrected chi connectivity index (χ1v) is 7.34. The predicted octanol–water partition coefficient (Wildman–Crippen LogP) is 3.80. The lowest BCUT2D eigenvalue weighted by molar-refractivity contribution is 0.746. The van der Waals surface area contributed by atoms with Crippen molar-refractivity contribution in [1.82, 2.24) is 14.8 Å². The van der Waals surface area contributed by atoms with Gasteiger partial charge in [-0.15, -0.1) is 0 Å². The minimum Gasteiger partial charge on any atom is -0.379 e. The molecule has 0 spiro atoms. The molecule has 0 bridgehead atoms. The molecular weight excluding hydrogens is 284 g/mol. The van der Waals surface area contributed by atoms with E-state index >= 15 is 0 Å². The quantitative estimate of drug-likeness (QED) is 0.797. The molecule has 0 aliphatic rings. The minimum absolute atomic E-state index is 0.708. The van der Waals surface area contributed by atoms with E-state index in [0.717, 1.165) is 28.7 Å². The van der Waals surface area contributed by atoms with Crippen LogP contribution in [0.2, 0.25) is 5.02 Å². The number of hydrogen-bond acceptors (Lipinski definition) is 3. The van der Waals surface area contributed by atoms with Gasteiger partial charge < -0.3 is 5.32 Å². The second-order valence-electron chi connectivity index (χ2n) is 5.01. The van der Waals surface area contributed by atoms with Crippen LogP contribution in [0.3, 0.4) is 0 Å². The van der Waals surface area contributed by atoms with Gasteiger partial charge >= 0.3 is 0 Å². The zero-order chi connectivity index (χ0) is 14.8. The molecule has 0 saturated heterocycles. The first kappa shape index (κ1) is 13.9. The first-order valence-electron chi connectivity index (χ1n) is 6.97. The van der Waals surface area contributed by atoms with Crippen molar-refractivity contribution in [2.45, 2.75) is 19.9 Å². The number of pyridine rings is 1. The smallest absolute Gasteiger partial charge is 0.0934 e. The summed E-state index contributed by atoms with van der Waals surface area (Å²) in [5, 5.41) is 9.63. The Kier molecular flexibility index (Phi) is 3.80. The van der Waals surface area contributed by atoms with Crippen LogP contribution in [0.1, 0.15) is 18.2 Å². The molecule has 2 heterocycles. The van der Waals surface area contributed by atoms with Gasteiger partial charge in [-0.3, -0.25) is 9.67 Å². The highest BCUT2D eigenvalue weighted by molar-refractivity contribution is 6.31. The molecule has 0 unspecified atom stereocenters. The fraction of sp³-hybridized carbons (Fsp3) is 0.250. The van der Waals surface area contributed by atoms with E-state index in [-0.39, 0.29) is 0 Å². The summed E-state index contributed by atoms with van der Waals surface area (Å²) in [6.45, 7) is 2.82. The number of fused-ring (bicyclic) bond motifs is 1. The van der Waals surface area contributed by atoms with Crippen molar-refractivity contribution in [3.8, 4) is 0 Å². The molecule has 0 aliphatic carbocycles. The van der Waals surface area contributed by atoms with Gasteiger partial charge in [0.1, 0.15) is 0 Å². The molecule has 0 radical (unpaired) electrons. The van der Waals surface area contributed by atoms with E-state index in [9.17, 15) is 0 Å². The number of anilines is 1. The topological polar surface area (TPSA) is 42.7 Å². The molecule has 0 amide bonds. The highest BCUT2D eigenvalue weighted by atomic mass is 35.5. The normalized spacial score (nSPS) is 11.0. The summed E-state index contributed by atoms with van der Waals surface area (Å²) < 4.78 is 1.85. The van der Waals surface area contributed by atoms with Gasteiger partial charge in [-0.25, -0.2) is 0 Å². The Hall–Kier alpha value is -2.07. The van der Waals surface area contributed by atoms with Crippen LogP contribution in [-0.2, 0) is 20.0 Å². The van der Waals surface area contributed by atoms with E-state index in [0.29, 0.717) is 11.6 Å². The van der Waals surface area contributed by atoms with E-state index in [1.54, 1.807) is 6.20 Å². The van der Waals surface area contributed by atoms with Gasteiger partial charge in [0.2, 0.25) is 0 Å². The molecule has 0 aliphatic heterocycles. The van der Waals surface area contributed by atoms with Crippen LogP contribution in [0.4, 0.5) is 5.69 Å². The molecule has 0 atom stereocenters. The summed E-state index contributed by atoms with van der Waals surface area (Å²) in [6.07, 6.45) is 4.77. The maximum Gasteiger partial charge on any atom is 0.0934 e. The standard InChI is InChI=1S/C16H17ClN4/c1-3-14-12(10-21(2)20-14)9-19-15-8-13(17)7-11-5-4-6-18-16(11)15/h4-8,10,19H,3,9H2,1-2H3. The fourth-order valence-corrected chi connectivity index (χ4v) is 2.74. The van der Waals surface area contributed by atoms with Crippen molar-refractivity contribution in [2.24, 2.45) is 7.05 Å². The Bertz CT molecular complexity index is 779. The molecule has 3 rings (SSSR count). The number of rotatable bonds is 4. The molecule has 4 nitrogen and oxygen atoms in total. The summed E-state index contributed by atoms with van der Waals surface area (Å²) in [5.74, 6) is 0. The highest BCUT2D eigenvalue weighted by Gasteiger charge is 2.08. The molecule has 108 valence electrons. The second-order valence-corrected chi connectivity index (χ2v) is 5.45. The van der Waals surface area contributed by atoms with Gasteiger partial charge in [0.15, 0.2) is 0 Å². The Morgan fingerprint density at radius 2 is 2.19 bits per heavy atom. The van der Waals surface area contributed by atoms with Crippen molar-refractivity contribution in [2.75, 3.05) is 5.32 Å². The van der Waals surface area contributed by atoms with E-state index in [2.05, 4.69) is 22.3 Å². The minimum atomic E-state index is 0.708. The largest absolute Gasteiger partial charge is 0.379 e. The van der Waals surface area contributed by atoms with Crippen molar-refractivity contribution in [3.63, 3.8) is 0 Å². The molecule has 0 saturated carbocycles. The molecule has 2 aromatic heterocycles. The molecular formula is C16H17ClN4. The van der Waals surface area contributed by atoms with Gasteiger partial charge in [0.05, 0.1) is 16.9 Å². The van der Waals surface area contributed by atoms with E-state index in [1.165, 1.54) is 5.56 Å². The average molecular weight is 301 g/mol. The lowest BCUT2D eigenvalue weighted by Crippen LogP contribution is -2.02. The van der Waals surface area contributed by atoms with Crippen molar-refractivity contribution < 1.29 is 0 Å². The molecule has 1 N–H and O–H groups in total. The fourth-order valence-electron chi connectivity index (χ4n) is 2.51. The summed E-state index contributed by atoms with van der Waals surface area (Å²) >= 11 is 6.18. The third-order valence-corrected chi connectivity index (χ3v) is 3.68. The maximum absolute atomic E-state index is 6.18. The van der Waals surface area contributed by atoms with Gasteiger partial charge in [-0.1, -0.05) is 24.6 Å². The van der Waals surface area contributed by atoms with E-state index in [1.807, 2.05) is 42.2 Å². The SMILES string of the molecule is CCc1nn(C)cc1CNc1cc(Cl)cc2cccnc12. The predicted molar refractivity (Wildman–Crippen MR) is 86.7 cm³/mol. The van der Waals surface area contributed by atoms with Crippen LogP contribution in [0, 0.1) is 0 Å². The zero-order valence-electron chi connectivity index (χ0n) is 12.1.